The van der Waals surface area contributed by atoms with Crippen molar-refractivity contribution < 1.29 is 9.47 Å². The zero-order valence-corrected chi connectivity index (χ0v) is 13.2. The minimum absolute atomic E-state index is 0.234. The molecule has 0 unspecified atom stereocenters. The molecule has 2 rings (SSSR count). The minimum atomic E-state index is 0.234. The quantitative estimate of drug-likeness (QED) is 0.821. The van der Waals surface area contributed by atoms with Gasteiger partial charge in [0.25, 0.3) is 0 Å². The zero-order chi connectivity index (χ0) is 15.4. The molecule has 0 atom stereocenters. The van der Waals surface area contributed by atoms with Gasteiger partial charge in [0.2, 0.25) is 0 Å². The molecule has 2 aromatic rings. The molecule has 0 heterocycles. The van der Waals surface area contributed by atoms with E-state index < -0.39 is 0 Å². The molecule has 6 heteroatoms. The lowest BCUT2D eigenvalue weighted by atomic mass is 10.1. The Balaban J connectivity index is 2.43. The zero-order valence-electron chi connectivity index (χ0n) is 11.6. The summed E-state index contributed by atoms with van der Waals surface area (Å²) >= 11 is 11.2. The van der Waals surface area contributed by atoms with E-state index in [0.717, 1.165) is 11.4 Å². The monoisotopic (exact) mass is 322 g/mol. The molecule has 0 amide bonds. The van der Waals surface area contributed by atoms with E-state index >= 15 is 0 Å². The summed E-state index contributed by atoms with van der Waals surface area (Å²) in [7, 11) is 3.19. The average molecular weight is 323 g/mol. The lowest BCUT2D eigenvalue weighted by molar-refractivity contribution is 0.395. The Morgan fingerprint density at radius 1 is 1.14 bits per heavy atom. The molecule has 0 aliphatic heterocycles. The number of hydrogen-bond acceptors (Lipinski definition) is 4. The predicted octanol–water partition coefficient (Wildman–Crippen LogP) is 3.74. The fraction of sp³-hybridized carbons (Fsp3) is 0.133. The topological polar surface area (TPSA) is 56.5 Å². The first kappa shape index (κ1) is 15.4. The molecule has 0 aliphatic rings. The fourth-order valence-corrected chi connectivity index (χ4v) is 2.47. The molecule has 0 aliphatic carbocycles. The molecule has 4 nitrogen and oxygen atoms in total. The van der Waals surface area contributed by atoms with Gasteiger partial charge in [-0.1, -0.05) is 29.9 Å². The maximum atomic E-state index is 6.15. The third kappa shape index (κ3) is 3.56. The van der Waals surface area contributed by atoms with Crippen LogP contribution < -0.4 is 20.5 Å². The summed E-state index contributed by atoms with van der Waals surface area (Å²) < 4.78 is 10.5. The van der Waals surface area contributed by atoms with Crippen LogP contribution in [0.15, 0.2) is 36.4 Å². The van der Waals surface area contributed by atoms with Crippen LogP contribution in [-0.2, 0) is 0 Å². The van der Waals surface area contributed by atoms with Gasteiger partial charge in [0.1, 0.15) is 16.5 Å². The Labute approximate surface area is 133 Å². The highest BCUT2D eigenvalue weighted by Crippen LogP contribution is 2.31. The Kier molecular flexibility index (Phi) is 4.88. The van der Waals surface area contributed by atoms with Crippen LogP contribution in [0.3, 0.4) is 0 Å². The highest BCUT2D eigenvalue weighted by Gasteiger charge is 2.11. The van der Waals surface area contributed by atoms with Crippen molar-refractivity contribution in [1.29, 1.82) is 0 Å². The summed E-state index contributed by atoms with van der Waals surface area (Å²) in [6.07, 6.45) is 0. The molecule has 0 bridgehead atoms. The van der Waals surface area contributed by atoms with Crippen LogP contribution in [0.1, 0.15) is 5.56 Å². The number of ether oxygens (including phenoxy) is 2. The van der Waals surface area contributed by atoms with Crippen molar-refractivity contribution in [1.82, 2.24) is 0 Å². The molecule has 0 saturated carbocycles. The van der Waals surface area contributed by atoms with E-state index in [0.29, 0.717) is 22.1 Å². The van der Waals surface area contributed by atoms with E-state index in [1.807, 2.05) is 24.3 Å². The van der Waals surface area contributed by atoms with Crippen molar-refractivity contribution in [3.8, 4) is 11.5 Å². The van der Waals surface area contributed by atoms with E-state index in [1.165, 1.54) is 0 Å². The van der Waals surface area contributed by atoms with Gasteiger partial charge in [-0.3, -0.25) is 0 Å². The van der Waals surface area contributed by atoms with Gasteiger partial charge in [-0.05, 0) is 12.1 Å². The Hall–Kier alpha value is -1.98. The first-order valence-corrected chi connectivity index (χ1v) is 6.92. The number of nitrogens with one attached hydrogen (secondary N) is 1. The highest BCUT2D eigenvalue weighted by molar-refractivity contribution is 7.80. The first-order chi connectivity index (χ1) is 10.0. The Morgan fingerprint density at radius 2 is 1.76 bits per heavy atom. The van der Waals surface area contributed by atoms with E-state index in [9.17, 15) is 0 Å². The third-order valence-corrected chi connectivity index (χ3v) is 3.41. The second kappa shape index (κ2) is 6.65. The first-order valence-electron chi connectivity index (χ1n) is 6.13. The van der Waals surface area contributed by atoms with Crippen molar-refractivity contribution in [2.24, 2.45) is 5.73 Å². The third-order valence-electron chi connectivity index (χ3n) is 2.89. The fourth-order valence-electron chi connectivity index (χ4n) is 1.91. The molecule has 0 aromatic heterocycles. The van der Waals surface area contributed by atoms with Gasteiger partial charge in [-0.25, -0.2) is 0 Å². The van der Waals surface area contributed by atoms with Crippen LogP contribution in [0.2, 0.25) is 5.02 Å². The summed E-state index contributed by atoms with van der Waals surface area (Å²) in [6, 6.07) is 10.9. The van der Waals surface area contributed by atoms with Crippen LogP contribution >= 0.6 is 23.8 Å². The van der Waals surface area contributed by atoms with Crippen molar-refractivity contribution in [3.63, 3.8) is 0 Å². The summed E-state index contributed by atoms with van der Waals surface area (Å²) in [5.74, 6) is 1.35. The number of halogens is 1. The van der Waals surface area contributed by atoms with Crippen molar-refractivity contribution >= 4 is 40.2 Å². The molecule has 110 valence electrons. The number of benzene rings is 2. The predicted molar refractivity (Wildman–Crippen MR) is 90.2 cm³/mol. The summed E-state index contributed by atoms with van der Waals surface area (Å²) in [6.45, 7) is 0. The Bertz CT molecular complexity index is 654. The van der Waals surface area contributed by atoms with Gasteiger partial charge >= 0.3 is 0 Å². The SMILES string of the molecule is COc1cc(Nc2cccc(Cl)c2C(N)=S)cc(OC)c1. The lowest BCUT2D eigenvalue weighted by Gasteiger charge is -2.14. The minimum Gasteiger partial charge on any atom is -0.497 e. The average Bonchev–Trinajstić information content (AvgIpc) is 2.46. The van der Waals surface area contributed by atoms with E-state index in [-0.39, 0.29) is 4.99 Å². The van der Waals surface area contributed by atoms with Crippen LogP contribution in [0.5, 0.6) is 11.5 Å². The molecule has 0 radical (unpaired) electrons. The van der Waals surface area contributed by atoms with Gasteiger partial charge in [0, 0.05) is 23.9 Å². The molecule has 0 spiro atoms. The number of rotatable bonds is 5. The highest BCUT2D eigenvalue weighted by atomic mass is 35.5. The van der Waals surface area contributed by atoms with Crippen LogP contribution in [-0.4, -0.2) is 19.2 Å². The molecule has 0 fully saturated rings. The van der Waals surface area contributed by atoms with E-state index in [1.54, 1.807) is 26.4 Å². The van der Waals surface area contributed by atoms with Crippen molar-refractivity contribution in [2.45, 2.75) is 0 Å². The number of nitrogens with two attached hydrogens (primary N) is 1. The number of methoxy groups -OCH3 is 2. The maximum Gasteiger partial charge on any atom is 0.124 e. The van der Waals surface area contributed by atoms with Crippen molar-refractivity contribution in [3.05, 3.63) is 47.0 Å². The second-order valence-electron chi connectivity index (χ2n) is 4.25. The molecule has 2 aromatic carbocycles. The summed E-state index contributed by atoms with van der Waals surface area (Å²) in [4.78, 5) is 0.234. The second-order valence-corrected chi connectivity index (χ2v) is 5.10. The number of thiocarbonyl (C=S) groups is 1. The van der Waals surface area contributed by atoms with Crippen LogP contribution in [0, 0.1) is 0 Å². The summed E-state index contributed by atoms with van der Waals surface area (Å²) in [5.41, 5.74) is 7.86. The van der Waals surface area contributed by atoms with Gasteiger partial charge in [-0.2, -0.15) is 0 Å². The van der Waals surface area contributed by atoms with Gasteiger partial charge in [-0.15, -0.1) is 0 Å². The van der Waals surface area contributed by atoms with Crippen LogP contribution in [0.25, 0.3) is 0 Å². The number of anilines is 2. The van der Waals surface area contributed by atoms with Gasteiger partial charge < -0.3 is 20.5 Å². The van der Waals surface area contributed by atoms with Crippen LogP contribution in [0.4, 0.5) is 11.4 Å². The number of hydrogen-bond donors (Lipinski definition) is 2. The smallest absolute Gasteiger partial charge is 0.124 e. The summed E-state index contributed by atoms with van der Waals surface area (Å²) in [5, 5.41) is 3.73. The van der Waals surface area contributed by atoms with E-state index in [2.05, 4.69) is 5.32 Å². The van der Waals surface area contributed by atoms with Gasteiger partial charge in [0.05, 0.1) is 30.5 Å². The maximum absolute atomic E-state index is 6.15. The molecular weight excluding hydrogens is 308 g/mol. The molecule has 3 N–H and O–H groups in total. The lowest BCUT2D eigenvalue weighted by Crippen LogP contribution is -2.12. The normalized spacial score (nSPS) is 10.0. The van der Waals surface area contributed by atoms with Crippen molar-refractivity contribution in [2.75, 3.05) is 19.5 Å². The molecular formula is C15H15ClN2O2S. The molecule has 21 heavy (non-hydrogen) atoms. The van der Waals surface area contributed by atoms with E-state index in [4.69, 9.17) is 39.0 Å². The molecule has 0 saturated heterocycles. The standard InChI is InChI=1S/C15H15ClN2O2S/c1-19-10-6-9(7-11(8-10)20-2)18-13-5-3-4-12(16)14(13)15(17)21/h3-8,18H,1-2H3,(H2,17,21). The largest absolute Gasteiger partial charge is 0.497 e. The Morgan fingerprint density at radius 3 is 2.29 bits per heavy atom. The van der Waals surface area contributed by atoms with Gasteiger partial charge in [0.15, 0.2) is 0 Å².